The highest BCUT2D eigenvalue weighted by Gasteiger charge is 2.21. The van der Waals surface area contributed by atoms with Crippen molar-refractivity contribution in [3.8, 4) is 11.5 Å². The van der Waals surface area contributed by atoms with Crippen LogP contribution < -0.4 is 20.1 Å². The summed E-state index contributed by atoms with van der Waals surface area (Å²) in [5, 5.41) is 28.3. The third kappa shape index (κ3) is 13.0. The normalized spacial score (nSPS) is 12.7. The Labute approximate surface area is 330 Å². The number of hydrogen-bond acceptors (Lipinski definition) is 14. The molecule has 4 aromatic carbocycles. The smallest absolute Gasteiger partial charge is 0.310 e. The van der Waals surface area contributed by atoms with Crippen LogP contribution in [0.25, 0.3) is 0 Å². The number of benzene rings is 4. The molecule has 0 spiro atoms. The largest absolute Gasteiger partial charge is 0.477 e. The van der Waals surface area contributed by atoms with Crippen LogP contribution in [0, 0.1) is 20.2 Å². The number of nitrogens with one attached hydrogen (secondary N) is 2. The number of carbonyl (C=O) groups is 3. The Balaban J connectivity index is 1.22. The minimum Gasteiger partial charge on any atom is -0.477 e. The SMILES string of the molecule is O=C(COc1ccccc1[N+](=O)[O-])Nc1ccccc1SCC(CSc1ccccc1NC(=O)COc1ccccc1[N+](=O)[O-])OC(=O)CCN1CCOCC1. The van der Waals surface area contributed by atoms with Crippen molar-refractivity contribution < 1.29 is 43.2 Å². The monoisotopic (exact) mass is 805 g/mol. The number of nitro groups is 2. The van der Waals surface area contributed by atoms with E-state index in [1.165, 1.54) is 59.9 Å². The van der Waals surface area contributed by atoms with E-state index in [2.05, 4.69) is 15.5 Å². The van der Waals surface area contributed by atoms with Gasteiger partial charge in [0.15, 0.2) is 24.7 Å². The molecule has 294 valence electrons. The van der Waals surface area contributed by atoms with Gasteiger partial charge in [-0.2, -0.15) is 0 Å². The summed E-state index contributed by atoms with van der Waals surface area (Å²) in [6.07, 6.45) is -0.414. The molecule has 0 aromatic heterocycles. The maximum Gasteiger partial charge on any atom is 0.310 e. The van der Waals surface area contributed by atoms with Gasteiger partial charge in [-0.1, -0.05) is 48.5 Å². The van der Waals surface area contributed by atoms with E-state index in [1.807, 2.05) is 12.1 Å². The van der Waals surface area contributed by atoms with Gasteiger partial charge >= 0.3 is 17.3 Å². The third-order valence-electron chi connectivity index (χ3n) is 8.05. The predicted octanol–water partition coefficient (Wildman–Crippen LogP) is 6.06. The second-order valence-corrected chi connectivity index (χ2v) is 14.2. The van der Waals surface area contributed by atoms with Crippen molar-refractivity contribution in [1.29, 1.82) is 0 Å². The van der Waals surface area contributed by atoms with Crippen LogP contribution in [0.15, 0.2) is 107 Å². The highest BCUT2D eigenvalue weighted by atomic mass is 32.2. The van der Waals surface area contributed by atoms with E-state index in [4.69, 9.17) is 18.9 Å². The first-order chi connectivity index (χ1) is 27.2. The lowest BCUT2D eigenvalue weighted by atomic mass is 10.3. The van der Waals surface area contributed by atoms with E-state index < -0.39 is 41.0 Å². The van der Waals surface area contributed by atoms with Gasteiger partial charge in [0.25, 0.3) is 11.8 Å². The number of esters is 1. The molecule has 0 saturated carbocycles. The molecular weight excluding hydrogens is 767 g/mol. The van der Waals surface area contributed by atoms with Crippen LogP contribution in [0.1, 0.15) is 6.42 Å². The molecule has 18 heteroatoms. The van der Waals surface area contributed by atoms with Crippen molar-refractivity contribution in [1.82, 2.24) is 4.90 Å². The topological polar surface area (TPSA) is 202 Å². The minimum atomic E-state index is -0.598. The second kappa shape index (κ2) is 21.4. The number of ether oxygens (including phenoxy) is 4. The van der Waals surface area contributed by atoms with Crippen molar-refractivity contribution in [2.24, 2.45) is 0 Å². The molecule has 0 radical (unpaired) electrons. The van der Waals surface area contributed by atoms with Gasteiger partial charge in [-0.25, -0.2) is 0 Å². The van der Waals surface area contributed by atoms with Crippen LogP contribution in [0.4, 0.5) is 22.7 Å². The number of nitro benzene ring substituents is 2. The summed E-state index contributed by atoms with van der Waals surface area (Å²) >= 11 is 2.73. The molecule has 0 atom stereocenters. The molecular formula is C38H39N5O11S2. The molecule has 2 N–H and O–H groups in total. The molecule has 56 heavy (non-hydrogen) atoms. The highest BCUT2D eigenvalue weighted by Crippen LogP contribution is 2.33. The summed E-state index contributed by atoms with van der Waals surface area (Å²) in [7, 11) is 0. The van der Waals surface area contributed by atoms with Crippen molar-refractivity contribution in [2.45, 2.75) is 22.3 Å². The lowest BCUT2D eigenvalue weighted by Crippen LogP contribution is -2.38. The van der Waals surface area contributed by atoms with Crippen LogP contribution in [-0.2, 0) is 23.9 Å². The van der Waals surface area contributed by atoms with Crippen molar-refractivity contribution >= 4 is 64.1 Å². The summed E-state index contributed by atoms with van der Waals surface area (Å²) in [5.74, 6) is -0.849. The molecule has 5 rings (SSSR count). The summed E-state index contributed by atoms with van der Waals surface area (Å²) in [4.78, 5) is 63.9. The van der Waals surface area contributed by atoms with Crippen molar-refractivity contribution in [3.05, 3.63) is 117 Å². The summed E-state index contributed by atoms with van der Waals surface area (Å²) in [6.45, 7) is 2.28. The van der Waals surface area contributed by atoms with E-state index in [-0.39, 0.29) is 35.3 Å². The molecule has 1 aliphatic heterocycles. The fourth-order valence-corrected chi connectivity index (χ4v) is 7.46. The number of hydrogen-bond donors (Lipinski definition) is 2. The van der Waals surface area contributed by atoms with Crippen molar-refractivity contribution in [3.63, 3.8) is 0 Å². The number of nitrogens with zero attached hydrogens (tertiary/aromatic N) is 3. The lowest BCUT2D eigenvalue weighted by Gasteiger charge is -2.26. The quantitative estimate of drug-likeness (QED) is 0.0452. The average Bonchev–Trinajstić information content (AvgIpc) is 3.21. The van der Waals surface area contributed by atoms with Gasteiger partial charge in [-0.15, -0.1) is 23.5 Å². The molecule has 0 unspecified atom stereocenters. The van der Waals surface area contributed by atoms with Crippen LogP contribution in [-0.4, -0.2) is 96.2 Å². The molecule has 0 bridgehead atoms. The van der Waals surface area contributed by atoms with Gasteiger partial charge in [0, 0.05) is 53.1 Å². The van der Waals surface area contributed by atoms with Gasteiger partial charge in [0.2, 0.25) is 0 Å². The first-order valence-corrected chi connectivity index (χ1v) is 19.4. The van der Waals surface area contributed by atoms with E-state index in [9.17, 15) is 34.6 Å². The molecule has 16 nitrogen and oxygen atoms in total. The van der Waals surface area contributed by atoms with Crippen LogP contribution in [0.3, 0.4) is 0 Å². The Morgan fingerprint density at radius 3 is 1.62 bits per heavy atom. The summed E-state index contributed by atoms with van der Waals surface area (Å²) < 4.78 is 22.3. The summed E-state index contributed by atoms with van der Waals surface area (Å²) in [5.41, 5.74) is 0.453. The van der Waals surface area contributed by atoms with Gasteiger partial charge in [0.05, 0.1) is 40.9 Å². The number of morpholine rings is 1. The first kappa shape index (κ1) is 41.5. The Morgan fingerprint density at radius 2 is 1.14 bits per heavy atom. The molecule has 2 amide bonds. The molecule has 0 aliphatic carbocycles. The zero-order valence-electron chi connectivity index (χ0n) is 30.0. The van der Waals surface area contributed by atoms with E-state index in [0.29, 0.717) is 52.4 Å². The predicted molar refractivity (Wildman–Crippen MR) is 211 cm³/mol. The average molecular weight is 806 g/mol. The van der Waals surface area contributed by atoms with Crippen LogP contribution >= 0.6 is 23.5 Å². The van der Waals surface area contributed by atoms with Crippen LogP contribution in [0.2, 0.25) is 0 Å². The number of carbonyl (C=O) groups excluding carboxylic acids is 3. The number of rotatable bonds is 20. The second-order valence-electron chi connectivity index (χ2n) is 12.1. The fourth-order valence-electron chi connectivity index (χ4n) is 5.31. The molecule has 4 aromatic rings. The number of para-hydroxylation sites is 6. The van der Waals surface area contributed by atoms with E-state index in [0.717, 1.165) is 13.1 Å². The zero-order chi connectivity index (χ0) is 39.7. The maximum atomic E-state index is 13.1. The Bertz CT molecular complexity index is 1870. The number of amides is 2. The Morgan fingerprint density at radius 1 is 0.696 bits per heavy atom. The molecule has 1 heterocycles. The van der Waals surface area contributed by atoms with Gasteiger partial charge in [-0.3, -0.25) is 39.5 Å². The molecule has 1 saturated heterocycles. The van der Waals surface area contributed by atoms with Gasteiger partial charge < -0.3 is 29.6 Å². The first-order valence-electron chi connectivity index (χ1n) is 17.4. The standard InChI is InChI=1S/C38H39N5O11S2/c44-36(23-52-32-13-5-3-11-30(32)42(47)48)39-28-9-1-7-15-34(28)55-25-27(54-38(46)17-18-41-19-21-51-22-20-41)26-56-35-16-8-2-10-29(35)40-37(45)24-53-33-14-6-4-12-31(33)43(49)50/h1-16,27H,17-26H2,(H,39,44)(H,40,45). The number of thioether (sulfide) groups is 2. The summed E-state index contributed by atoms with van der Waals surface area (Å²) in [6, 6.07) is 25.7. The Kier molecular flexibility index (Phi) is 15.9. The third-order valence-corrected chi connectivity index (χ3v) is 10.5. The molecule has 1 fully saturated rings. The number of anilines is 2. The van der Waals surface area contributed by atoms with Gasteiger partial charge in [0.1, 0.15) is 6.10 Å². The van der Waals surface area contributed by atoms with Gasteiger partial charge in [-0.05, 0) is 36.4 Å². The van der Waals surface area contributed by atoms with Crippen LogP contribution in [0.5, 0.6) is 11.5 Å². The zero-order valence-corrected chi connectivity index (χ0v) is 31.7. The highest BCUT2D eigenvalue weighted by molar-refractivity contribution is 8.00. The minimum absolute atomic E-state index is 0.0287. The maximum absolute atomic E-state index is 13.1. The van der Waals surface area contributed by atoms with Crippen molar-refractivity contribution in [2.75, 3.05) is 68.2 Å². The van der Waals surface area contributed by atoms with E-state index >= 15 is 0 Å². The lowest BCUT2D eigenvalue weighted by molar-refractivity contribution is -0.386. The molecule has 1 aliphatic rings. The fraction of sp³-hybridized carbons (Fsp3) is 0.289. The Hall–Kier alpha value is -5.69. The van der Waals surface area contributed by atoms with E-state index in [1.54, 1.807) is 48.5 Å².